The number of halogens is 1. The Morgan fingerprint density at radius 1 is 1.37 bits per heavy atom. The van der Waals surface area contributed by atoms with Crippen LogP contribution in [-0.4, -0.2) is 27.2 Å². The van der Waals surface area contributed by atoms with Gasteiger partial charge in [0.15, 0.2) is 0 Å². The number of thiophene rings is 1. The summed E-state index contributed by atoms with van der Waals surface area (Å²) < 4.78 is 1.89. The van der Waals surface area contributed by atoms with E-state index in [-0.39, 0.29) is 22.3 Å². The number of nitro benzene ring substituents is 1. The van der Waals surface area contributed by atoms with Crippen LogP contribution in [0.5, 0.6) is 0 Å². The average molecular weight is 405 g/mol. The first-order valence-electron chi connectivity index (χ1n) is 8.15. The average Bonchev–Trinajstić information content (AvgIpc) is 3.25. The monoisotopic (exact) mass is 404 g/mol. The third kappa shape index (κ3) is 4.17. The van der Waals surface area contributed by atoms with Crippen LogP contribution in [0.1, 0.15) is 32.7 Å². The zero-order valence-corrected chi connectivity index (χ0v) is 16.3. The van der Waals surface area contributed by atoms with E-state index in [0.29, 0.717) is 6.54 Å². The van der Waals surface area contributed by atoms with Crippen molar-refractivity contribution in [2.24, 2.45) is 0 Å². The molecule has 7 nitrogen and oxygen atoms in total. The van der Waals surface area contributed by atoms with E-state index in [4.69, 9.17) is 11.6 Å². The number of benzene rings is 1. The molecule has 1 N–H and O–H groups in total. The summed E-state index contributed by atoms with van der Waals surface area (Å²) in [5, 5.41) is 20.2. The van der Waals surface area contributed by atoms with Crippen molar-refractivity contribution in [1.29, 1.82) is 0 Å². The van der Waals surface area contributed by atoms with Crippen LogP contribution in [-0.2, 0) is 0 Å². The maximum Gasteiger partial charge on any atom is 0.270 e. The second kappa shape index (κ2) is 7.89. The molecule has 0 aliphatic carbocycles. The fraction of sp³-hybridized carbons (Fsp3) is 0.222. The number of non-ortho nitro benzene ring substituents is 1. The van der Waals surface area contributed by atoms with E-state index in [1.165, 1.54) is 18.2 Å². The molecule has 0 bridgehead atoms. The van der Waals surface area contributed by atoms with Gasteiger partial charge in [0.2, 0.25) is 0 Å². The van der Waals surface area contributed by atoms with Gasteiger partial charge in [0.05, 0.1) is 21.2 Å². The molecule has 27 heavy (non-hydrogen) atoms. The molecule has 1 aromatic carbocycles. The highest BCUT2D eigenvalue weighted by molar-refractivity contribution is 7.10. The summed E-state index contributed by atoms with van der Waals surface area (Å²) in [4.78, 5) is 23.9. The summed E-state index contributed by atoms with van der Waals surface area (Å²) in [6.45, 7) is 4.20. The van der Waals surface area contributed by atoms with Crippen molar-refractivity contribution >= 4 is 34.5 Å². The lowest BCUT2D eigenvalue weighted by atomic mass is 10.1. The minimum Gasteiger partial charge on any atom is -0.349 e. The van der Waals surface area contributed by atoms with Crippen molar-refractivity contribution in [3.05, 3.63) is 78.7 Å². The SMILES string of the molecule is Cc1cc(C)n(C(CNC(=O)c2ccc([N+](=O)[O-])cc2Cl)c2cccs2)n1. The number of carbonyl (C=O) groups excluding carboxylic acids is 1. The Labute approximate surface area is 164 Å². The molecule has 3 rings (SSSR count). The molecular weight excluding hydrogens is 388 g/mol. The summed E-state index contributed by atoms with van der Waals surface area (Å²) in [6, 6.07) is 9.58. The van der Waals surface area contributed by atoms with Gasteiger partial charge in [-0.25, -0.2) is 0 Å². The highest BCUT2D eigenvalue weighted by Crippen LogP contribution is 2.25. The van der Waals surface area contributed by atoms with Gasteiger partial charge < -0.3 is 5.32 Å². The zero-order chi connectivity index (χ0) is 19.6. The Bertz CT molecular complexity index is 985. The number of amides is 1. The number of nitro groups is 1. The molecule has 0 radical (unpaired) electrons. The van der Waals surface area contributed by atoms with Crippen LogP contribution in [0.4, 0.5) is 5.69 Å². The van der Waals surface area contributed by atoms with Crippen LogP contribution in [0.3, 0.4) is 0 Å². The first kappa shape index (κ1) is 19.1. The number of aromatic nitrogens is 2. The Kier molecular flexibility index (Phi) is 5.57. The molecule has 1 unspecified atom stereocenters. The summed E-state index contributed by atoms with van der Waals surface area (Å²) in [5.74, 6) is -0.391. The van der Waals surface area contributed by atoms with Gasteiger partial charge in [-0.3, -0.25) is 19.6 Å². The maximum atomic E-state index is 12.6. The van der Waals surface area contributed by atoms with Gasteiger partial charge in [0.1, 0.15) is 6.04 Å². The summed E-state index contributed by atoms with van der Waals surface area (Å²) >= 11 is 7.63. The van der Waals surface area contributed by atoms with Crippen molar-refractivity contribution < 1.29 is 9.72 Å². The molecular formula is C18H17ClN4O3S. The van der Waals surface area contributed by atoms with E-state index in [2.05, 4.69) is 10.4 Å². The van der Waals surface area contributed by atoms with E-state index in [0.717, 1.165) is 16.3 Å². The van der Waals surface area contributed by atoms with E-state index >= 15 is 0 Å². The second-order valence-corrected chi connectivity index (χ2v) is 7.42. The van der Waals surface area contributed by atoms with Crippen molar-refractivity contribution in [3.8, 4) is 0 Å². The number of carbonyl (C=O) groups is 1. The third-order valence-electron chi connectivity index (χ3n) is 4.08. The number of nitrogens with one attached hydrogen (secondary N) is 1. The minimum absolute atomic E-state index is 0.0421. The predicted octanol–water partition coefficient (Wildman–Crippen LogP) is 4.14. The van der Waals surface area contributed by atoms with Gasteiger partial charge in [0.25, 0.3) is 11.6 Å². The van der Waals surface area contributed by atoms with Crippen LogP contribution in [0.25, 0.3) is 0 Å². The number of hydrogen-bond donors (Lipinski definition) is 1. The lowest BCUT2D eigenvalue weighted by Gasteiger charge is -2.19. The first-order chi connectivity index (χ1) is 12.9. The van der Waals surface area contributed by atoms with Crippen molar-refractivity contribution in [3.63, 3.8) is 0 Å². The summed E-state index contributed by atoms with van der Waals surface area (Å²) in [5.41, 5.74) is 1.93. The molecule has 1 amide bonds. The van der Waals surface area contributed by atoms with Gasteiger partial charge >= 0.3 is 0 Å². The molecule has 0 saturated carbocycles. The van der Waals surface area contributed by atoms with Crippen LogP contribution >= 0.6 is 22.9 Å². The molecule has 2 heterocycles. The second-order valence-electron chi connectivity index (χ2n) is 6.03. The van der Waals surface area contributed by atoms with E-state index < -0.39 is 10.8 Å². The van der Waals surface area contributed by atoms with Crippen LogP contribution < -0.4 is 5.32 Å². The van der Waals surface area contributed by atoms with E-state index in [1.807, 2.05) is 42.1 Å². The standard InChI is InChI=1S/C18H17ClN4O3S/c1-11-8-12(2)22(21-11)16(17-4-3-7-27-17)10-20-18(24)14-6-5-13(23(25)26)9-15(14)19/h3-9,16H,10H2,1-2H3,(H,20,24). The lowest BCUT2D eigenvalue weighted by Crippen LogP contribution is -2.32. The smallest absolute Gasteiger partial charge is 0.270 e. The fourth-order valence-corrected chi connectivity index (χ4v) is 3.91. The molecule has 140 valence electrons. The molecule has 0 spiro atoms. The van der Waals surface area contributed by atoms with Crippen molar-refractivity contribution in [1.82, 2.24) is 15.1 Å². The Balaban J connectivity index is 1.81. The highest BCUT2D eigenvalue weighted by atomic mass is 35.5. The van der Waals surface area contributed by atoms with Gasteiger partial charge in [-0.05, 0) is 37.4 Å². The number of hydrogen-bond acceptors (Lipinski definition) is 5. The van der Waals surface area contributed by atoms with E-state index in [1.54, 1.807) is 11.3 Å². The first-order valence-corrected chi connectivity index (χ1v) is 9.41. The predicted molar refractivity (Wildman–Crippen MR) is 105 cm³/mol. The Morgan fingerprint density at radius 3 is 2.70 bits per heavy atom. The van der Waals surface area contributed by atoms with Crippen LogP contribution in [0, 0.1) is 24.0 Å². The molecule has 0 fully saturated rings. The van der Waals surface area contributed by atoms with Crippen molar-refractivity contribution in [2.75, 3.05) is 6.54 Å². The van der Waals surface area contributed by atoms with Gasteiger partial charge in [-0.1, -0.05) is 17.7 Å². The van der Waals surface area contributed by atoms with Gasteiger partial charge in [0, 0.05) is 29.2 Å². The van der Waals surface area contributed by atoms with Crippen LogP contribution in [0.2, 0.25) is 5.02 Å². The molecule has 3 aromatic rings. The molecule has 0 saturated heterocycles. The molecule has 0 aliphatic heterocycles. The quantitative estimate of drug-likeness (QED) is 0.493. The normalized spacial score (nSPS) is 12.0. The lowest BCUT2D eigenvalue weighted by molar-refractivity contribution is -0.384. The Hall–Kier alpha value is -2.71. The fourth-order valence-electron chi connectivity index (χ4n) is 2.84. The molecule has 9 heteroatoms. The largest absolute Gasteiger partial charge is 0.349 e. The number of aryl methyl sites for hydroxylation is 2. The minimum atomic E-state index is -0.552. The molecule has 1 atom stereocenters. The molecule has 0 aliphatic rings. The van der Waals surface area contributed by atoms with E-state index in [9.17, 15) is 14.9 Å². The maximum absolute atomic E-state index is 12.6. The summed E-state index contributed by atoms with van der Waals surface area (Å²) in [6.07, 6.45) is 0. The van der Waals surface area contributed by atoms with Gasteiger partial charge in [-0.2, -0.15) is 5.10 Å². The van der Waals surface area contributed by atoms with Crippen molar-refractivity contribution in [2.45, 2.75) is 19.9 Å². The Morgan fingerprint density at radius 2 is 2.15 bits per heavy atom. The zero-order valence-electron chi connectivity index (χ0n) is 14.7. The van der Waals surface area contributed by atoms with Crippen LogP contribution in [0.15, 0.2) is 41.8 Å². The highest BCUT2D eigenvalue weighted by Gasteiger charge is 2.21. The number of rotatable bonds is 6. The molecule has 2 aromatic heterocycles. The summed E-state index contributed by atoms with van der Waals surface area (Å²) in [7, 11) is 0. The number of nitrogens with zero attached hydrogens (tertiary/aromatic N) is 3. The van der Waals surface area contributed by atoms with Gasteiger partial charge in [-0.15, -0.1) is 11.3 Å². The third-order valence-corrected chi connectivity index (χ3v) is 5.36. The topological polar surface area (TPSA) is 90.1 Å².